The largest absolute Gasteiger partial charge is 0.396 e. The molecule has 1 rings (SSSR count). The summed E-state index contributed by atoms with van der Waals surface area (Å²) in [5.41, 5.74) is 0.909. The molecule has 7 nitrogen and oxygen atoms in total. The Morgan fingerprint density at radius 1 is 1.42 bits per heavy atom. The molecular formula is C12H25N5O2. The van der Waals surface area contributed by atoms with Crippen molar-refractivity contribution in [2.45, 2.75) is 19.5 Å². The molecule has 0 unspecified atom stereocenters. The van der Waals surface area contributed by atoms with Crippen LogP contribution in [0.1, 0.15) is 12.1 Å². The average Bonchev–Trinajstić information content (AvgIpc) is 2.83. The fourth-order valence-electron chi connectivity index (χ4n) is 1.47. The second-order valence-electron chi connectivity index (χ2n) is 4.64. The van der Waals surface area contributed by atoms with Gasteiger partial charge in [0, 0.05) is 39.0 Å². The van der Waals surface area contributed by atoms with Gasteiger partial charge >= 0.3 is 0 Å². The first-order valence-electron chi connectivity index (χ1n) is 6.65. The molecule has 1 aromatic rings. The Kier molecular flexibility index (Phi) is 8.31. The van der Waals surface area contributed by atoms with E-state index >= 15 is 0 Å². The molecule has 0 spiro atoms. The Balaban J connectivity index is 2.01. The van der Waals surface area contributed by atoms with Crippen LogP contribution >= 0.6 is 0 Å². The monoisotopic (exact) mass is 271 g/mol. The van der Waals surface area contributed by atoms with Crippen LogP contribution in [-0.2, 0) is 17.8 Å². The van der Waals surface area contributed by atoms with Crippen LogP contribution in [0, 0.1) is 0 Å². The summed E-state index contributed by atoms with van der Waals surface area (Å²) in [7, 11) is 4.06. The highest BCUT2D eigenvalue weighted by atomic mass is 16.5. The molecule has 7 heteroatoms. The smallest absolute Gasteiger partial charge is 0.0964 e. The van der Waals surface area contributed by atoms with E-state index in [1.54, 1.807) is 4.68 Å². The molecule has 0 aliphatic rings. The van der Waals surface area contributed by atoms with Gasteiger partial charge in [-0.15, -0.1) is 5.10 Å². The maximum absolute atomic E-state index is 8.72. The van der Waals surface area contributed by atoms with Crippen molar-refractivity contribution in [2.75, 3.05) is 47.0 Å². The van der Waals surface area contributed by atoms with E-state index in [0.717, 1.165) is 25.4 Å². The molecule has 0 amide bonds. The topological polar surface area (TPSA) is 75.4 Å². The van der Waals surface area contributed by atoms with Gasteiger partial charge in [0.15, 0.2) is 0 Å². The number of hydrogen-bond donors (Lipinski definition) is 2. The van der Waals surface area contributed by atoms with Crippen molar-refractivity contribution in [3.63, 3.8) is 0 Å². The summed E-state index contributed by atoms with van der Waals surface area (Å²) in [6.45, 7) is 4.78. The van der Waals surface area contributed by atoms with Crippen molar-refractivity contribution in [3.8, 4) is 0 Å². The standard InChI is InChI=1S/C12H25N5O2/c1-16(2)6-9-19-8-4-13-10-12-11-17(15-14-12)5-3-7-18/h11,13,18H,3-10H2,1-2H3. The van der Waals surface area contributed by atoms with Crippen molar-refractivity contribution in [3.05, 3.63) is 11.9 Å². The molecular weight excluding hydrogens is 246 g/mol. The lowest BCUT2D eigenvalue weighted by atomic mass is 10.4. The summed E-state index contributed by atoms with van der Waals surface area (Å²) in [5, 5.41) is 20.0. The van der Waals surface area contributed by atoms with Crippen LogP contribution in [-0.4, -0.2) is 72.0 Å². The first-order chi connectivity index (χ1) is 9.22. The Labute approximate surface area is 114 Å². The first kappa shape index (κ1) is 16.0. The number of likely N-dealkylation sites (N-methyl/N-ethyl adjacent to an activating group) is 1. The predicted molar refractivity (Wildman–Crippen MR) is 72.8 cm³/mol. The zero-order valence-electron chi connectivity index (χ0n) is 11.9. The van der Waals surface area contributed by atoms with Crippen LogP contribution in [0.3, 0.4) is 0 Å². The zero-order chi connectivity index (χ0) is 13.9. The van der Waals surface area contributed by atoms with E-state index < -0.39 is 0 Å². The van der Waals surface area contributed by atoms with Crippen LogP contribution < -0.4 is 5.32 Å². The highest BCUT2D eigenvalue weighted by molar-refractivity contribution is 4.91. The lowest BCUT2D eigenvalue weighted by molar-refractivity contribution is 0.119. The van der Waals surface area contributed by atoms with Gasteiger partial charge in [0.05, 0.1) is 18.9 Å². The zero-order valence-corrected chi connectivity index (χ0v) is 11.9. The Morgan fingerprint density at radius 3 is 3.00 bits per heavy atom. The molecule has 0 aliphatic carbocycles. The van der Waals surface area contributed by atoms with Crippen LogP contribution in [0.2, 0.25) is 0 Å². The van der Waals surface area contributed by atoms with E-state index in [-0.39, 0.29) is 6.61 Å². The summed E-state index contributed by atoms with van der Waals surface area (Å²) < 4.78 is 7.22. The van der Waals surface area contributed by atoms with E-state index in [4.69, 9.17) is 9.84 Å². The number of nitrogens with zero attached hydrogens (tertiary/aromatic N) is 4. The van der Waals surface area contributed by atoms with Gasteiger partial charge in [0.1, 0.15) is 0 Å². The molecule has 0 saturated carbocycles. The van der Waals surface area contributed by atoms with Crippen LogP contribution in [0.4, 0.5) is 0 Å². The van der Waals surface area contributed by atoms with Gasteiger partial charge in [-0.25, -0.2) is 0 Å². The van der Waals surface area contributed by atoms with Crippen LogP contribution in [0.25, 0.3) is 0 Å². The number of aryl methyl sites for hydroxylation is 1. The maximum Gasteiger partial charge on any atom is 0.0964 e. The fraction of sp³-hybridized carbons (Fsp3) is 0.833. The van der Waals surface area contributed by atoms with Crippen LogP contribution in [0.5, 0.6) is 0 Å². The third kappa shape index (κ3) is 7.89. The molecule has 2 N–H and O–H groups in total. The molecule has 0 fully saturated rings. The number of hydrogen-bond acceptors (Lipinski definition) is 6. The van der Waals surface area contributed by atoms with E-state index in [9.17, 15) is 0 Å². The van der Waals surface area contributed by atoms with Gasteiger partial charge < -0.3 is 20.1 Å². The molecule has 1 heterocycles. The molecule has 1 aromatic heterocycles. The van der Waals surface area contributed by atoms with E-state index in [0.29, 0.717) is 26.1 Å². The quantitative estimate of drug-likeness (QED) is 0.520. The van der Waals surface area contributed by atoms with Gasteiger partial charge in [-0.05, 0) is 20.5 Å². The maximum atomic E-state index is 8.72. The minimum atomic E-state index is 0.178. The number of nitrogens with one attached hydrogen (secondary N) is 1. The summed E-state index contributed by atoms with van der Waals surface area (Å²) in [6.07, 6.45) is 2.60. The van der Waals surface area contributed by atoms with Gasteiger partial charge in [0.25, 0.3) is 0 Å². The van der Waals surface area contributed by atoms with Gasteiger partial charge in [-0.1, -0.05) is 5.21 Å². The number of rotatable bonds is 11. The molecule has 0 saturated heterocycles. The second-order valence-corrected chi connectivity index (χ2v) is 4.64. The SMILES string of the molecule is CN(C)CCOCCNCc1cn(CCCO)nn1. The van der Waals surface area contributed by atoms with Gasteiger partial charge in [-0.3, -0.25) is 4.68 Å². The molecule has 0 atom stereocenters. The van der Waals surface area contributed by atoms with E-state index in [1.807, 2.05) is 20.3 Å². The summed E-state index contributed by atoms with van der Waals surface area (Å²) in [4.78, 5) is 2.10. The predicted octanol–water partition coefficient (Wildman–Crippen LogP) is -0.672. The van der Waals surface area contributed by atoms with Crippen molar-refractivity contribution in [1.82, 2.24) is 25.2 Å². The minimum Gasteiger partial charge on any atom is -0.396 e. The summed E-state index contributed by atoms with van der Waals surface area (Å²) in [5.74, 6) is 0. The van der Waals surface area contributed by atoms with E-state index in [2.05, 4.69) is 20.5 Å². The van der Waals surface area contributed by atoms with Crippen molar-refractivity contribution >= 4 is 0 Å². The van der Waals surface area contributed by atoms with Crippen molar-refractivity contribution < 1.29 is 9.84 Å². The normalized spacial score (nSPS) is 11.4. The fourth-order valence-corrected chi connectivity index (χ4v) is 1.47. The minimum absolute atomic E-state index is 0.178. The summed E-state index contributed by atoms with van der Waals surface area (Å²) >= 11 is 0. The highest BCUT2D eigenvalue weighted by Gasteiger charge is 2.00. The number of aliphatic hydroxyl groups excluding tert-OH is 1. The Bertz CT molecular complexity index is 330. The van der Waals surface area contributed by atoms with Crippen molar-refractivity contribution in [2.24, 2.45) is 0 Å². The van der Waals surface area contributed by atoms with Gasteiger partial charge in [-0.2, -0.15) is 0 Å². The highest BCUT2D eigenvalue weighted by Crippen LogP contribution is 1.94. The Hall–Kier alpha value is -1.02. The van der Waals surface area contributed by atoms with Crippen molar-refractivity contribution in [1.29, 1.82) is 0 Å². The first-order valence-corrected chi connectivity index (χ1v) is 6.65. The van der Waals surface area contributed by atoms with E-state index in [1.165, 1.54) is 0 Å². The molecule has 0 aromatic carbocycles. The molecule has 19 heavy (non-hydrogen) atoms. The second kappa shape index (κ2) is 9.85. The lowest BCUT2D eigenvalue weighted by Gasteiger charge is -2.09. The average molecular weight is 271 g/mol. The lowest BCUT2D eigenvalue weighted by Crippen LogP contribution is -2.23. The van der Waals surface area contributed by atoms with Crippen LogP contribution in [0.15, 0.2) is 6.20 Å². The third-order valence-corrected chi connectivity index (χ3v) is 2.54. The number of aliphatic hydroxyl groups is 1. The number of ether oxygens (including phenoxy) is 1. The van der Waals surface area contributed by atoms with Gasteiger partial charge in [0.2, 0.25) is 0 Å². The molecule has 0 aliphatic heterocycles. The molecule has 110 valence electrons. The third-order valence-electron chi connectivity index (χ3n) is 2.54. The Morgan fingerprint density at radius 2 is 2.26 bits per heavy atom. The molecule has 0 bridgehead atoms. The molecule has 0 radical (unpaired) electrons. The number of aromatic nitrogens is 3. The summed E-state index contributed by atoms with van der Waals surface area (Å²) in [6, 6.07) is 0.